The molecule has 0 aliphatic heterocycles. The van der Waals surface area contributed by atoms with E-state index in [0.717, 1.165) is 22.6 Å². The second kappa shape index (κ2) is 6.46. The van der Waals surface area contributed by atoms with Gasteiger partial charge in [-0.05, 0) is 44.8 Å². The summed E-state index contributed by atoms with van der Waals surface area (Å²) in [5.41, 5.74) is 2.99. The third kappa shape index (κ3) is 3.18. The van der Waals surface area contributed by atoms with E-state index < -0.39 is 0 Å². The first-order chi connectivity index (χ1) is 10.5. The lowest BCUT2D eigenvalue weighted by atomic mass is 9.98. The van der Waals surface area contributed by atoms with Crippen LogP contribution in [0.25, 0.3) is 11.1 Å². The van der Waals surface area contributed by atoms with Gasteiger partial charge in [0.25, 0.3) is 5.56 Å². The summed E-state index contributed by atoms with van der Waals surface area (Å²) in [7, 11) is 5.58. The van der Waals surface area contributed by atoms with Crippen LogP contribution in [0.5, 0.6) is 5.75 Å². The molecule has 2 aromatic rings. The molecule has 1 aromatic carbocycles. The molecule has 0 unspecified atom stereocenters. The number of aromatic amines is 1. The Balaban J connectivity index is 2.64. The molecular formula is C17H19N3O2. The van der Waals surface area contributed by atoms with Crippen molar-refractivity contribution < 1.29 is 4.74 Å². The van der Waals surface area contributed by atoms with E-state index in [-0.39, 0.29) is 11.1 Å². The van der Waals surface area contributed by atoms with E-state index in [1.807, 2.05) is 49.3 Å². The Labute approximate surface area is 129 Å². The van der Waals surface area contributed by atoms with E-state index in [9.17, 15) is 10.1 Å². The van der Waals surface area contributed by atoms with Crippen molar-refractivity contribution in [3.8, 4) is 22.9 Å². The number of H-pyrrole nitrogens is 1. The molecular weight excluding hydrogens is 278 g/mol. The molecule has 22 heavy (non-hydrogen) atoms. The largest absolute Gasteiger partial charge is 0.496 e. The van der Waals surface area contributed by atoms with Gasteiger partial charge in [0.2, 0.25) is 0 Å². The fourth-order valence-electron chi connectivity index (χ4n) is 2.44. The summed E-state index contributed by atoms with van der Waals surface area (Å²) >= 11 is 0. The van der Waals surface area contributed by atoms with Crippen LogP contribution in [-0.2, 0) is 6.54 Å². The number of ether oxygens (including phenoxy) is 1. The van der Waals surface area contributed by atoms with E-state index in [1.54, 1.807) is 14.0 Å². The van der Waals surface area contributed by atoms with Crippen LogP contribution >= 0.6 is 0 Å². The van der Waals surface area contributed by atoms with E-state index in [4.69, 9.17) is 4.74 Å². The van der Waals surface area contributed by atoms with E-state index in [2.05, 4.69) is 4.98 Å². The molecule has 1 heterocycles. The number of hydrogen-bond acceptors (Lipinski definition) is 4. The third-order valence-corrected chi connectivity index (χ3v) is 3.36. The van der Waals surface area contributed by atoms with Gasteiger partial charge in [-0.15, -0.1) is 0 Å². The standard InChI is InChI=1S/C17H19N3O2/c1-11-7-14(15(9-18)17(21)19-11)12-5-6-16(22-4)13(8-12)10-20(2)3/h5-8H,10H2,1-4H3,(H,19,21). The van der Waals surface area contributed by atoms with Crippen LogP contribution in [0.1, 0.15) is 16.8 Å². The summed E-state index contributed by atoms with van der Waals surface area (Å²) < 4.78 is 5.38. The molecule has 5 nitrogen and oxygen atoms in total. The fourth-order valence-corrected chi connectivity index (χ4v) is 2.44. The lowest BCUT2D eigenvalue weighted by molar-refractivity contribution is 0.372. The molecule has 0 aliphatic carbocycles. The Bertz CT molecular complexity index is 785. The first kappa shape index (κ1) is 15.8. The summed E-state index contributed by atoms with van der Waals surface area (Å²) in [6.45, 7) is 2.51. The topological polar surface area (TPSA) is 69.1 Å². The van der Waals surface area contributed by atoms with Crippen molar-refractivity contribution in [1.29, 1.82) is 5.26 Å². The summed E-state index contributed by atoms with van der Waals surface area (Å²) in [4.78, 5) is 16.6. The van der Waals surface area contributed by atoms with E-state index >= 15 is 0 Å². The van der Waals surface area contributed by atoms with E-state index in [1.165, 1.54) is 0 Å². The molecule has 1 aromatic heterocycles. The molecule has 5 heteroatoms. The average Bonchev–Trinajstić information content (AvgIpc) is 2.45. The zero-order chi connectivity index (χ0) is 16.3. The van der Waals surface area contributed by atoms with Crippen LogP contribution in [0.15, 0.2) is 29.1 Å². The zero-order valence-corrected chi connectivity index (χ0v) is 13.2. The number of nitrogens with zero attached hydrogens (tertiary/aromatic N) is 2. The highest BCUT2D eigenvalue weighted by Gasteiger charge is 2.13. The molecule has 0 saturated heterocycles. The molecule has 0 aliphatic rings. The fraction of sp³-hybridized carbons (Fsp3) is 0.294. The molecule has 114 valence electrons. The predicted octanol–water partition coefficient (Wildman–Crippen LogP) is 2.29. The lowest BCUT2D eigenvalue weighted by Crippen LogP contribution is -2.13. The van der Waals surface area contributed by atoms with Crippen LogP contribution in [-0.4, -0.2) is 31.1 Å². The Kier molecular flexibility index (Phi) is 4.64. The van der Waals surface area contributed by atoms with Gasteiger partial charge in [0, 0.05) is 23.4 Å². The molecule has 0 radical (unpaired) electrons. The van der Waals surface area contributed by atoms with Crippen molar-refractivity contribution in [2.45, 2.75) is 13.5 Å². The highest BCUT2D eigenvalue weighted by molar-refractivity contribution is 5.71. The zero-order valence-electron chi connectivity index (χ0n) is 13.2. The second-order valence-corrected chi connectivity index (χ2v) is 5.45. The SMILES string of the molecule is COc1ccc(-c2cc(C)[nH]c(=O)c2C#N)cc1CN(C)C. The van der Waals surface area contributed by atoms with Crippen molar-refractivity contribution >= 4 is 0 Å². The predicted molar refractivity (Wildman–Crippen MR) is 85.9 cm³/mol. The van der Waals surface area contributed by atoms with Gasteiger partial charge < -0.3 is 14.6 Å². The van der Waals surface area contributed by atoms with Crippen molar-refractivity contribution in [2.24, 2.45) is 0 Å². The minimum absolute atomic E-state index is 0.131. The summed E-state index contributed by atoms with van der Waals surface area (Å²) in [5.74, 6) is 0.789. The first-order valence-electron chi connectivity index (χ1n) is 6.92. The number of nitrogens with one attached hydrogen (secondary N) is 1. The van der Waals surface area contributed by atoms with Crippen LogP contribution in [0.3, 0.4) is 0 Å². The number of hydrogen-bond donors (Lipinski definition) is 1. The highest BCUT2D eigenvalue weighted by atomic mass is 16.5. The maximum atomic E-state index is 11.9. The molecule has 1 N–H and O–H groups in total. The molecule has 0 fully saturated rings. The van der Waals surface area contributed by atoms with E-state index in [0.29, 0.717) is 12.1 Å². The van der Waals surface area contributed by atoms with Crippen LogP contribution < -0.4 is 10.3 Å². The van der Waals surface area contributed by atoms with Gasteiger partial charge in [-0.1, -0.05) is 6.07 Å². The number of aromatic nitrogens is 1. The number of methoxy groups -OCH3 is 1. The number of aryl methyl sites for hydroxylation is 1. The Hall–Kier alpha value is -2.58. The number of rotatable bonds is 4. The van der Waals surface area contributed by atoms with Gasteiger partial charge >= 0.3 is 0 Å². The second-order valence-electron chi connectivity index (χ2n) is 5.45. The molecule has 0 atom stereocenters. The number of nitriles is 1. The highest BCUT2D eigenvalue weighted by Crippen LogP contribution is 2.28. The van der Waals surface area contributed by atoms with Crippen molar-refractivity contribution in [1.82, 2.24) is 9.88 Å². The van der Waals surface area contributed by atoms with Gasteiger partial charge in [-0.25, -0.2) is 0 Å². The van der Waals surface area contributed by atoms with Crippen LogP contribution in [0, 0.1) is 18.3 Å². The van der Waals surface area contributed by atoms with Crippen LogP contribution in [0.2, 0.25) is 0 Å². The molecule has 0 spiro atoms. The molecule has 2 rings (SSSR count). The van der Waals surface area contributed by atoms with Crippen molar-refractivity contribution in [3.05, 3.63) is 51.4 Å². The first-order valence-corrected chi connectivity index (χ1v) is 6.92. The van der Waals surface area contributed by atoms with Crippen LogP contribution in [0.4, 0.5) is 0 Å². The van der Waals surface area contributed by atoms with Gasteiger partial charge in [0.05, 0.1) is 7.11 Å². The van der Waals surface area contributed by atoms with Gasteiger partial charge in [-0.3, -0.25) is 4.79 Å². The van der Waals surface area contributed by atoms with Crippen molar-refractivity contribution in [2.75, 3.05) is 21.2 Å². The summed E-state index contributed by atoms with van der Waals surface area (Å²) in [5, 5.41) is 9.26. The van der Waals surface area contributed by atoms with Gasteiger partial charge in [-0.2, -0.15) is 5.26 Å². The minimum atomic E-state index is -0.359. The Morgan fingerprint density at radius 1 is 1.32 bits per heavy atom. The summed E-state index contributed by atoms with van der Waals surface area (Å²) in [6, 6.07) is 9.51. The maximum absolute atomic E-state index is 11.9. The maximum Gasteiger partial charge on any atom is 0.266 e. The quantitative estimate of drug-likeness (QED) is 0.940. The molecule has 0 bridgehead atoms. The summed E-state index contributed by atoms with van der Waals surface area (Å²) in [6.07, 6.45) is 0. The molecule has 0 amide bonds. The van der Waals surface area contributed by atoms with Gasteiger partial charge in [0.1, 0.15) is 17.4 Å². The molecule has 0 saturated carbocycles. The average molecular weight is 297 g/mol. The minimum Gasteiger partial charge on any atom is -0.496 e. The Morgan fingerprint density at radius 2 is 2.05 bits per heavy atom. The number of benzene rings is 1. The van der Waals surface area contributed by atoms with Crippen molar-refractivity contribution in [3.63, 3.8) is 0 Å². The normalized spacial score (nSPS) is 10.5. The lowest BCUT2D eigenvalue weighted by Gasteiger charge is -2.15. The third-order valence-electron chi connectivity index (χ3n) is 3.36. The smallest absolute Gasteiger partial charge is 0.266 e. The monoisotopic (exact) mass is 297 g/mol. The number of pyridine rings is 1. The van der Waals surface area contributed by atoms with Gasteiger partial charge in [0.15, 0.2) is 0 Å². The Morgan fingerprint density at radius 3 is 2.64 bits per heavy atom.